The lowest BCUT2D eigenvalue weighted by Crippen LogP contribution is -2.49. The highest BCUT2D eigenvalue weighted by atomic mass is 35.5. The Balaban J connectivity index is 2.46. The Kier molecular flexibility index (Phi) is 4.51. The molecule has 0 spiro atoms. The second-order valence-electron chi connectivity index (χ2n) is 4.51. The third-order valence-electron chi connectivity index (χ3n) is 3.14. The molecule has 0 radical (unpaired) electrons. The van der Waals surface area contributed by atoms with Crippen LogP contribution in [0.25, 0.3) is 0 Å². The summed E-state index contributed by atoms with van der Waals surface area (Å²) in [6, 6.07) is -0.913. The van der Waals surface area contributed by atoms with E-state index < -0.39 is 29.4 Å². The maximum Gasteiger partial charge on any atom is 0.408 e. The van der Waals surface area contributed by atoms with Gasteiger partial charge in [-0.2, -0.15) is 13.2 Å². The zero-order valence-electron chi connectivity index (χ0n) is 10.3. The van der Waals surface area contributed by atoms with Crippen LogP contribution in [0.5, 0.6) is 0 Å². The van der Waals surface area contributed by atoms with Crippen molar-refractivity contribution < 1.29 is 22.0 Å². The van der Waals surface area contributed by atoms with Crippen LogP contribution >= 0.6 is 11.6 Å². The molecule has 1 fully saturated rings. The molecule has 1 aliphatic heterocycles. The van der Waals surface area contributed by atoms with Gasteiger partial charge in [0.15, 0.2) is 0 Å². The molecular formula is C12H12ClF5N2. The van der Waals surface area contributed by atoms with E-state index in [1.807, 2.05) is 0 Å². The molecule has 0 bridgehead atoms. The van der Waals surface area contributed by atoms with Gasteiger partial charge in [-0.15, -0.1) is 0 Å². The molecule has 0 aliphatic carbocycles. The molecule has 20 heavy (non-hydrogen) atoms. The maximum atomic E-state index is 13.8. The summed E-state index contributed by atoms with van der Waals surface area (Å²) in [7, 11) is 0. The molecule has 0 saturated carbocycles. The molecule has 0 aromatic heterocycles. The third-order valence-corrected chi connectivity index (χ3v) is 3.36. The van der Waals surface area contributed by atoms with Crippen LogP contribution in [0.1, 0.15) is 11.6 Å². The monoisotopic (exact) mass is 314 g/mol. The van der Waals surface area contributed by atoms with E-state index in [1.54, 1.807) is 0 Å². The number of piperazine rings is 1. The second kappa shape index (κ2) is 5.83. The molecule has 1 saturated heterocycles. The number of rotatable bonds is 2. The first-order valence-electron chi connectivity index (χ1n) is 5.96. The van der Waals surface area contributed by atoms with E-state index >= 15 is 0 Å². The van der Waals surface area contributed by atoms with Gasteiger partial charge in [0.2, 0.25) is 0 Å². The minimum absolute atomic E-state index is 0.0612. The Bertz CT molecular complexity index is 462. The van der Waals surface area contributed by atoms with E-state index in [1.165, 1.54) is 0 Å². The molecule has 1 N–H and O–H groups in total. The minimum Gasteiger partial charge on any atom is -0.314 e. The average Bonchev–Trinajstić information content (AvgIpc) is 2.33. The van der Waals surface area contributed by atoms with Crippen molar-refractivity contribution in [1.82, 2.24) is 10.2 Å². The normalized spacial score (nSPS) is 19.1. The molecule has 0 unspecified atom stereocenters. The quantitative estimate of drug-likeness (QED) is 0.844. The number of hydrogen-bond acceptors (Lipinski definition) is 2. The maximum absolute atomic E-state index is 13.8. The molecular weight excluding hydrogens is 303 g/mol. The van der Waals surface area contributed by atoms with Crippen molar-refractivity contribution in [3.8, 4) is 0 Å². The number of nitrogens with one attached hydrogen (secondary N) is 1. The summed E-state index contributed by atoms with van der Waals surface area (Å²) in [6.07, 6.45) is -4.77. The van der Waals surface area contributed by atoms with Crippen LogP contribution < -0.4 is 5.32 Å². The average molecular weight is 315 g/mol. The Hall–Kier alpha value is -0.920. The fourth-order valence-electron chi connectivity index (χ4n) is 2.31. The van der Waals surface area contributed by atoms with Crippen LogP contribution in [0.3, 0.4) is 0 Å². The van der Waals surface area contributed by atoms with Gasteiger partial charge in [-0.05, 0) is 12.1 Å². The molecule has 0 amide bonds. The lowest BCUT2D eigenvalue weighted by atomic mass is 10.0. The van der Waals surface area contributed by atoms with Crippen LogP contribution in [-0.4, -0.2) is 37.3 Å². The fraction of sp³-hybridized carbons (Fsp3) is 0.500. The Morgan fingerprint density at radius 1 is 1.10 bits per heavy atom. The van der Waals surface area contributed by atoms with Gasteiger partial charge >= 0.3 is 6.18 Å². The van der Waals surface area contributed by atoms with Crippen LogP contribution in [0.15, 0.2) is 12.1 Å². The first kappa shape index (κ1) is 15.5. The van der Waals surface area contributed by atoms with E-state index in [-0.39, 0.29) is 18.1 Å². The van der Waals surface area contributed by atoms with Gasteiger partial charge in [0.1, 0.15) is 17.7 Å². The van der Waals surface area contributed by atoms with E-state index in [0.29, 0.717) is 25.2 Å². The highest BCUT2D eigenvalue weighted by Crippen LogP contribution is 2.40. The van der Waals surface area contributed by atoms with Crippen molar-refractivity contribution in [2.75, 3.05) is 26.2 Å². The third kappa shape index (κ3) is 3.21. The van der Waals surface area contributed by atoms with Crippen molar-refractivity contribution in [3.63, 3.8) is 0 Å². The first-order chi connectivity index (χ1) is 9.30. The summed E-state index contributed by atoms with van der Waals surface area (Å²) >= 11 is 5.44. The summed E-state index contributed by atoms with van der Waals surface area (Å²) in [5, 5.41) is 2.62. The molecule has 2 rings (SSSR count). The van der Waals surface area contributed by atoms with Gasteiger partial charge in [0.25, 0.3) is 0 Å². The molecule has 1 atom stereocenters. The number of nitrogens with zero attached hydrogens (tertiary/aromatic N) is 1. The SMILES string of the molecule is Fc1cc(Cl)cc(F)c1[C@@H](N1CCNCC1)C(F)(F)F. The summed E-state index contributed by atoms with van der Waals surface area (Å²) in [4.78, 5) is 1.02. The lowest BCUT2D eigenvalue weighted by Gasteiger charge is -2.36. The van der Waals surface area contributed by atoms with Crippen molar-refractivity contribution in [2.24, 2.45) is 0 Å². The molecule has 1 heterocycles. The van der Waals surface area contributed by atoms with Gasteiger partial charge < -0.3 is 5.32 Å². The van der Waals surface area contributed by atoms with Crippen LogP contribution in [-0.2, 0) is 0 Å². The first-order valence-corrected chi connectivity index (χ1v) is 6.34. The van der Waals surface area contributed by atoms with Gasteiger partial charge in [-0.3, -0.25) is 4.90 Å². The minimum atomic E-state index is -4.77. The highest BCUT2D eigenvalue weighted by molar-refractivity contribution is 6.30. The molecule has 1 aromatic rings. The van der Waals surface area contributed by atoms with Crippen molar-refractivity contribution in [1.29, 1.82) is 0 Å². The molecule has 1 aromatic carbocycles. The van der Waals surface area contributed by atoms with Gasteiger partial charge in [0.05, 0.1) is 0 Å². The van der Waals surface area contributed by atoms with Crippen molar-refractivity contribution in [3.05, 3.63) is 34.4 Å². The zero-order chi connectivity index (χ0) is 14.9. The van der Waals surface area contributed by atoms with Crippen molar-refractivity contribution in [2.45, 2.75) is 12.2 Å². The van der Waals surface area contributed by atoms with Gasteiger partial charge in [-0.25, -0.2) is 8.78 Å². The van der Waals surface area contributed by atoms with E-state index in [0.717, 1.165) is 4.90 Å². The smallest absolute Gasteiger partial charge is 0.314 e. The highest BCUT2D eigenvalue weighted by Gasteiger charge is 2.47. The number of benzene rings is 1. The topological polar surface area (TPSA) is 15.3 Å². The summed E-state index contributed by atoms with van der Waals surface area (Å²) < 4.78 is 67.2. The van der Waals surface area contributed by atoms with Crippen LogP contribution in [0.2, 0.25) is 5.02 Å². The van der Waals surface area contributed by atoms with E-state index in [9.17, 15) is 22.0 Å². The van der Waals surface area contributed by atoms with E-state index in [4.69, 9.17) is 11.6 Å². The number of alkyl halides is 3. The fourth-order valence-corrected chi connectivity index (χ4v) is 2.50. The van der Waals surface area contributed by atoms with E-state index in [2.05, 4.69) is 5.32 Å². The molecule has 8 heteroatoms. The molecule has 2 nitrogen and oxygen atoms in total. The predicted octanol–water partition coefficient (Wildman–Crippen LogP) is 3.13. The summed E-state index contributed by atoms with van der Waals surface area (Å²) in [6.45, 7) is 0.796. The second-order valence-corrected chi connectivity index (χ2v) is 4.95. The molecule has 1 aliphatic rings. The predicted molar refractivity (Wildman–Crippen MR) is 64.6 cm³/mol. The Labute approximate surface area is 117 Å². The lowest BCUT2D eigenvalue weighted by molar-refractivity contribution is -0.189. The zero-order valence-corrected chi connectivity index (χ0v) is 11.0. The number of halogens is 6. The summed E-state index contributed by atoms with van der Waals surface area (Å²) in [5.74, 6) is -2.56. The van der Waals surface area contributed by atoms with Crippen LogP contribution in [0.4, 0.5) is 22.0 Å². The van der Waals surface area contributed by atoms with Crippen molar-refractivity contribution >= 4 is 11.6 Å². The largest absolute Gasteiger partial charge is 0.408 e. The molecule has 112 valence electrons. The van der Waals surface area contributed by atoms with Gasteiger partial charge in [0, 0.05) is 36.8 Å². The van der Waals surface area contributed by atoms with Crippen LogP contribution in [0, 0.1) is 11.6 Å². The summed E-state index contributed by atoms with van der Waals surface area (Å²) in [5.41, 5.74) is -0.996. The standard InChI is InChI=1S/C12H12ClF5N2/c13-7-5-8(14)10(9(15)6-7)11(12(16,17)18)20-3-1-19-2-4-20/h5-6,11,19H,1-4H2/t11-/m1/s1. The Morgan fingerprint density at radius 3 is 2.05 bits per heavy atom. The number of hydrogen-bond donors (Lipinski definition) is 1. The van der Waals surface area contributed by atoms with Gasteiger partial charge in [-0.1, -0.05) is 11.6 Å². The Morgan fingerprint density at radius 2 is 1.60 bits per heavy atom.